The van der Waals surface area contributed by atoms with Crippen molar-refractivity contribution in [1.82, 2.24) is 4.98 Å². The number of hydrogen-bond acceptors (Lipinski definition) is 2. The fourth-order valence-electron chi connectivity index (χ4n) is 2.33. The summed E-state index contributed by atoms with van der Waals surface area (Å²) in [5.41, 5.74) is 1.90. The molecule has 0 bridgehead atoms. The zero-order valence-corrected chi connectivity index (χ0v) is 14.2. The predicted octanol–water partition coefficient (Wildman–Crippen LogP) is 5.91. The first-order valence-electron chi connectivity index (χ1n) is 6.84. The molecule has 0 radical (unpaired) electrons. The first-order valence-corrected chi connectivity index (χ1v) is 7.92. The van der Waals surface area contributed by atoms with E-state index in [0.29, 0.717) is 16.6 Å². The van der Waals surface area contributed by atoms with E-state index < -0.39 is 11.7 Å². The third-order valence-electron chi connectivity index (χ3n) is 3.39. The van der Waals surface area contributed by atoms with Crippen LogP contribution in [0.4, 0.5) is 24.5 Å². The first-order chi connectivity index (χ1) is 10.8. The van der Waals surface area contributed by atoms with Gasteiger partial charge in [-0.1, -0.05) is 6.07 Å². The second kappa shape index (κ2) is 5.99. The minimum absolute atomic E-state index is 0.327. The Kier molecular flexibility index (Phi) is 4.18. The van der Waals surface area contributed by atoms with Gasteiger partial charge in [-0.15, -0.1) is 0 Å². The van der Waals surface area contributed by atoms with Crippen LogP contribution in [0.2, 0.25) is 0 Å². The van der Waals surface area contributed by atoms with Gasteiger partial charge in [-0.3, -0.25) is 4.98 Å². The average Bonchev–Trinajstić information content (AvgIpc) is 2.48. The molecule has 0 aliphatic rings. The lowest BCUT2D eigenvalue weighted by molar-refractivity contribution is -0.137. The minimum Gasteiger partial charge on any atom is -0.355 e. The molecule has 0 saturated carbocycles. The first kappa shape index (κ1) is 16.0. The number of benzene rings is 2. The molecule has 0 aliphatic carbocycles. The second-order valence-corrected chi connectivity index (χ2v) is 6.42. The molecule has 3 aromatic rings. The number of nitrogens with zero attached hydrogens (tertiary/aromatic N) is 1. The van der Waals surface area contributed by atoms with E-state index in [0.717, 1.165) is 27.1 Å². The highest BCUT2D eigenvalue weighted by molar-refractivity contribution is 14.1. The molecule has 1 heterocycles. The molecular weight excluding hydrogens is 416 g/mol. The fourth-order valence-corrected chi connectivity index (χ4v) is 2.69. The molecule has 0 saturated heterocycles. The van der Waals surface area contributed by atoms with Crippen LogP contribution in [0.25, 0.3) is 10.9 Å². The molecule has 0 aliphatic heterocycles. The molecule has 3 rings (SSSR count). The number of pyridine rings is 1. The Morgan fingerprint density at radius 1 is 1.00 bits per heavy atom. The molecule has 0 amide bonds. The predicted molar refractivity (Wildman–Crippen MR) is 93.9 cm³/mol. The molecule has 1 N–H and O–H groups in total. The summed E-state index contributed by atoms with van der Waals surface area (Å²) in [6.07, 6.45) is -4.37. The highest BCUT2D eigenvalue weighted by atomic mass is 127. The van der Waals surface area contributed by atoms with Crippen molar-refractivity contribution in [3.8, 4) is 0 Å². The van der Waals surface area contributed by atoms with Crippen LogP contribution in [-0.4, -0.2) is 4.98 Å². The normalized spacial score (nSPS) is 11.7. The molecule has 23 heavy (non-hydrogen) atoms. The quantitative estimate of drug-likeness (QED) is 0.514. The molecule has 0 unspecified atom stereocenters. The minimum atomic E-state index is -4.37. The highest BCUT2D eigenvalue weighted by Crippen LogP contribution is 2.33. The summed E-state index contributed by atoms with van der Waals surface area (Å²) in [6.45, 7) is 1.76. The van der Waals surface area contributed by atoms with E-state index in [4.69, 9.17) is 0 Å². The van der Waals surface area contributed by atoms with E-state index in [1.807, 2.05) is 30.3 Å². The number of aryl methyl sites for hydroxylation is 1. The summed E-state index contributed by atoms with van der Waals surface area (Å²) in [7, 11) is 0. The van der Waals surface area contributed by atoms with E-state index in [2.05, 4.69) is 32.9 Å². The third-order valence-corrected chi connectivity index (χ3v) is 4.11. The summed E-state index contributed by atoms with van der Waals surface area (Å²) in [5, 5.41) is 3.90. The van der Waals surface area contributed by atoms with E-state index >= 15 is 0 Å². The summed E-state index contributed by atoms with van der Waals surface area (Å²) in [4.78, 5) is 4.23. The molecule has 118 valence electrons. The van der Waals surface area contributed by atoms with Gasteiger partial charge in [0.1, 0.15) is 0 Å². The molecule has 2 nitrogen and oxygen atoms in total. The third kappa shape index (κ3) is 3.57. The van der Waals surface area contributed by atoms with Crippen LogP contribution < -0.4 is 5.32 Å². The lowest BCUT2D eigenvalue weighted by Gasteiger charge is -2.13. The molecular formula is C17H12F3IN2. The van der Waals surface area contributed by atoms with Gasteiger partial charge in [-0.25, -0.2) is 0 Å². The van der Waals surface area contributed by atoms with Gasteiger partial charge in [0, 0.05) is 26.0 Å². The van der Waals surface area contributed by atoms with E-state index in [-0.39, 0.29) is 0 Å². The van der Waals surface area contributed by atoms with E-state index in [1.165, 1.54) is 6.07 Å². The topological polar surface area (TPSA) is 24.9 Å². The Morgan fingerprint density at radius 3 is 2.35 bits per heavy atom. The maximum Gasteiger partial charge on any atom is 0.416 e. The van der Waals surface area contributed by atoms with Crippen LogP contribution in [-0.2, 0) is 6.18 Å². The van der Waals surface area contributed by atoms with Gasteiger partial charge in [-0.05, 0) is 72.0 Å². The van der Waals surface area contributed by atoms with Crippen LogP contribution in [0.1, 0.15) is 11.3 Å². The van der Waals surface area contributed by atoms with Crippen molar-refractivity contribution in [3.05, 3.63) is 63.4 Å². The molecule has 0 spiro atoms. The Morgan fingerprint density at radius 2 is 1.70 bits per heavy atom. The average molecular weight is 428 g/mol. The molecule has 0 atom stereocenters. The van der Waals surface area contributed by atoms with Crippen molar-refractivity contribution in [1.29, 1.82) is 0 Å². The number of alkyl halides is 3. The van der Waals surface area contributed by atoms with Crippen molar-refractivity contribution < 1.29 is 13.2 Å². The number of nitrogens with one attached hydrogen (secondary N) is 1. The number of fused-ring (bicyclic) bond motifs is 1. The summed E-state index contributed by atoms with van der Waals surface area (Å²) in [6, 6.07) is 13.2. The second-order valence-electron chi connectivity index (χ2n) is 5.17. The number of rotatable bonds is 2. The van der Waals surface area contributed by atoms with Crippen molar-refractivity contribution in [3.63, 3.8) is 0 Å². The largest absolute Gasteiger partial charge is 0.416 e. The van der Waals surface area contributed by atoms with Gasteiger partial charge < -0.3 is 5.32 Å². The van der Waals surface area contributed by atoms with Crippen LogP contribution >= 0.6 is 22.6 Å². The lowest BCUT2D eigenvalue weighted by Crippen LogP contribution is -2.05. The Labute approximate surface area is 144 Å². The van der Waals surface area contributed by atoms with Gasteiger partial charge >= 0.3 is 6.18 Å². The smallest absolute Gasteiger partial charge is 0.355 e. The van der Waals surface area contributed by atoms with E-state index in [1.54, 1.807) is 6.92 Å². The molecule has 0 fully saturated rings. The van der Waals surface area contributed by atoms with Crippen molar-refractivity contribution in [2.24, 2.45) is 0 Å². The van der Waals surface area contributed by atoms with Gasteiger partial charge in [0.2, 0.25) is 0 Å². The van der Waals surface area contributed by atoms with Gasteiger partial charge in [0.25, 0.3) is 0 Å². The van der Waals surface area contributed by atoms with Gasteiger partial charge in [0.05, 0.1) is 11.1 Å². The zero-order valence-electron chi connectivity index (χ0n) is 12.1. The van der Waals surface area contributed by atoms with Crippen molar-refractivity contribution >= 4 is 44.9 Å². The molecule has 6 heteroatoms. The molecule has 2 aromatic carbocycles. The number of aromatic nitrogens is 1. The monoisotopic (exact) mass is 428 g/mol. The summed E-state index contributed by atoms with van der Waals surface area (Å²) >= 11 is 2.21. The maximum atomic E-state index is 12.9. The summed E-state index contributed by atoms with van der Waals surface area (Å²) in [5.74, 6) is 0. The summed E-state index contributed by atoms with van der Waals surface area (Å²) < 4.78 is 39.7. The van der Waals surface area contributed by atoms with Crippen LogP contribution in [0, 0.1) is 10.5 Å². The number of halogens is 4. The van der Waals surface area contributed by atoms with Crippen LogP contribution in [0.5, 0.6) is 0 Å². The number of hydrogen-bond donors (Lipinski definition) is 1. The zero-order chi connectivity index (χ0) is 16.6. The Bertz CT molecular complexity index is 858. The molecule has 1 aromatic heterocycles. The Balaban J connectivity index is 2.08. The van der Waals surface area contributed by atoms with E-state index in [9.17, 15) is 13.2 Å². The SMILES string of the molecule is Cc1cc(Nc2ccc(I)cc2)c2ccc(C(F)(F)F)cc2n1. The van der Waals surface area contributed by atoms with Crippen LogP contribution in [0.3, 0.4) is 0 Å². The standard InChI is InChI=1S/C17H12F3IN2/c1-10-8-15(23-13-5-3-12(21)4-6-13)14-7-2-11(17(18,19)20)9-16(14)22-10/h2-9H,1H3,(H,22,23). The fraction of sp³-hybridized carbons (Fsp3) is 0.118. The van der Waals surface area contributed by atoms with Crippen LogP contribution in [0.15, 0.2) is 48.5 Å². The van der Waals surface area contributed by atoms with Gasteiger partial charge in [0.15, 0.2) is 0 Å². The van der Waals surface area contributed by atoms with Crippen molar-refractivity contribution in [2.45, 2.75) is 13.1 Å². The Hall–Kier alpha value is -1.83. The van der Waals surface area contributed by atoms with Gasteiger partial charge in [-0.2, -0.15) is 13.2 Å². The maximum absolute atomic E-state index is 12.9. The lowest BCUT2D eigenvalue weighted by atomic mass is 10.1. The van der Waals surface area contributed by atoms with Crippen molar-refractivity contribution in [2.75, 3.05) is 5.32 Å². The number of anilines is 2. The highest BCUT2D eigenvalue weighted by Gasteiger charge is 2.30.